The molecule has 0 fully saturated rings. The molecule has 0 saturated carbocycles. The Morgan fingerprint density at radius 1 is 1.60 bits per heavy atom. The van der Waals surface area contributed by atoms with Crippen LogP contribution in [-0.2, 0) is 11.8 Å². The molecule has 84 valence electrons. The zero-order chi connectivity index (χ0) is 11.5. The first kappa shape index (κ1) is 11.6. The van der Waals surface area contributed by atoms with Crippen LogP contribution in [0.2, 0.25) is 0 Å². The minimum Gasteiger partial charge on any atom is -0.449 e. The quantitative estimate of drug-likeness (QED) is 0.814. The predicted octanol–water partition coefficient (Wildman–Crippen LogP) is 2.01. The zero-order valence-corrected chi connectivity index (χ0v) is 9.57. The average Bonchev–Trinajstić information content (AvgIpc) is 2.47. The highest BCUT2D eigenvalue weighted by atomic mass is 16.5. The molecule has 1 heterocycles. The number of rotatable bonds is 2. The summed E-state index contributed by atoms with van der Waals surface area (Å²) in [6.07, 6.45) is 1.16. The fraction of sp³-hybridized carbons (Fsp3) is 0.600. The summed E-state index contributed by atoms with van der Waals surface area (Å²) < 4.78 is 6.61. The Morgan fingerprint density at radius 2 is 2.27 bits per heavy atom. The maximum absolute atomic E-state index is 11.3. The summed E-state index contributed by atoms with van der Waals surface area (Å²) in [5.74, 6) is 0.619. The summed E-state index contributed by atoms with van der Waals surface area (Å²) in [6.45, 7) is 6.40. The van der Waals surface area contributed by atoms with Gasteiger partial charge in [-0.15, -0.1) is 0 Å². The smallest absolute Gasteiger partial charge is 0.412 e. The van der Waals surface area contributed by atoms with E-state index < -0.39 is 6.09 Å². The van der Waals surface area contributed by atoms with Crippen molar-refractivity contribution in [1.29, 1.82) is 0 Å². The predicted molar refractivity (Wildman–Crippen MR) is 57.6 cm³/mol. The van der Waals surface area contributed by atoms with Crippen LogP contribution in [0.25, 0.3) is 0 Å². The van der Waals surface area contributed by atoms with E-state index in [1.807, 2.05) is 20.8 Å². The lowest BCUT2D eigenvalue weighted by Crippen LogP contribution is -2.22. The Bertz CT molecular complexity index is 339. The molecule has 0 aliphatic rings. The number of nitrogens with zero attached hydrogens (tertiary/aromatic N) is 2. The SMILES string of the molecule is Cn1nccc1NC(=O)OCC(C)(C)C. The molecule has 0 aliphatic carbocycles. The fourth-order valence-electron chi connectivity index (χ4n) is 0.919. The van der Waals surface area contributed by atoms with E-state index in [4.69, 9.17) is 4.74 Å². The number of hydrogen-bond donors (Lipinski definition) is 1. The summed E-state index contributed by atoms with van der Waals surface area (Å²) in [7, 11) is 1.75. The van der Waals surface area contributed by atoms with Crippen molar-refractivity contribution >= 4 is 11.9 Å². The largest absolute Gasteiger partial charge is 0.449 e. The second kappa shape index (κ2) is 4.33. The molecule has 0 saturated heterocycles. The van der Waals surface area contributed by atoms with Crippen LogP contribution in [0.1, 0.15) is 20.8 Å². The van der Waals surface area contributed by atoms with Gasteiger partial charge in [0.05, 0.1) is 12.8 Å². The average molecular weight is 211 g/mol. The van der Waals surface area contributed by atoms with Gasteiger partial charge in [-0.3, -0.25) is 10.00 Å². The second-order valence-corrected chi connectivity index (χ2v) is 4.60. The minimum atomic E-state index is -0.450. The summed E-state index contributed by atoms with van der Waals surface area (Å²) in [4.78, 5) is 11.3. The van der Waals surface area contributed by atoms with Crippen molar-refractivity contribution in [1.82, 2.24) is 9.78 Å². The van der Waals surface area contributed by atoms with Crippen LogP contribution in [0.5, 0.6) is 0 Å². The van der Waals surface area contributed by atoms with Crippen molar-refractivity contribution in [2.24, 2.45) is 12.5 Å². The standard InChI is InChI=1S/C10H17N3O2/c1-10(2,3)7-15-9(14)12-8-5-6-11-13(8)4/h5-6H,7H2,1-4H3,(H,12,14). The van der Waals surface area contributed by atoms with Gasteiger partial charge in [0.15, 0.2) is 0 Å². The lowest BCUT2D eigenvalue weighted by molar-refractivity contribution is 0.118. The van der Waals surface area contributed by atoms with Crippen LogP contribution >= 0.6 is 0 Å². The Labute approximate surface area is 89.4 Å². The van der Waals surface area contributed by atoms with E-state index in [0.717, 1.165) is 0 Å². The van der Waals surface area contributed by atoms with Crippen molar-refractivity contribution in [3.8, 4) is 0 Å². The second-order valence-electron chi connectivity index (χ2n) is 4.60. The molecular weight excluding hydrogens is 194 g/mol. The number of carbonyl (C=O) groups is 1. The van der Waals surface area contributed by atoms with E-state index >= 15 is 0 Å². The van der Waals surface area contributed by atoms with E-state index in [-0.39, 0.29) is 5.41 Å². The van der Waals surface area contributed by atoms with Crippen LogP contribution < -0.4 is 5.32 Å². The van der Waals surface area contributed by atoms with Crippen molar-refractivity contribution in [3.63, 3.8) is 0 Å². The number of aromatic nitrogens is 2. The fourth-order valence-corrected chi connectivity index (χ4v) is 0.919. The number of ether oxygens (including phenoxy) is 1. The summed E-state index contributed by atoms with van der Waals surface area (Å²) in [5, 5.41) is 6.53. The highest BCUT2D eigenvalue weighted by Gasteiger charge is 2.14. The van der Waals surface area contributed by atoms with E-state index in [9.17, 15) is 4.79 Å². The van der Waals surface area contributed by atoms with Crippen LogP contribution in [0.15, 0.2) is 12.3 Å². The van der Waals surface area contributed by atoms with Crippen molar-refractivity contribution in [2.45, 2.75) is 20.8 Å². The van der Waals surface area contributed by atoms with E-state index in [0.29, 0.717) is 12.4 Å². The van der Waals surface area contributed by atoms with Crippen LogP contribution in [-0.4, -0.2) is 22.5 Å². The zero-order valence-electron chi connectivity index (χ0n) is 9.57. The van der Waals surface area contributed by atoms with Gasteiger partial charge in [-0.2, -0.15) is 5.10 Å². The molecule has 15 heavy (non-hydrogen) atoms. The molecule has 1 amide bonds. The van der Waals surface area contributed by atoms with Crippen LogP contribution in [0.3, 0.4) is 0 Å². The molecule has 0 unspecified atom stereocenters. The van der Waals surface area contributed by atoms with Gasteiger partial charge >= 0.3 is 6.09 Å². The maximum Gasteiger partial charge on any atom is 0.412 e. The molecule has 0 aliphatic heterocycles. The van der Waals surface area contributed by atoms with E-state index in [1.165, 1.54) is 0 Å². The van der Waals surface area contributed by atoms with Crippen molar-refractivity contribution in [2.75, 3.05) is 11.9 Å². The number of aryl methyl sites for hydroxylation is 1. The topological polar surface area (TPSA) is 56.2 Å². The molecule has 0 spiro atoms. The molecule has 1 rings (SSSR count). The van der Waals surface area contributed by atoms with Gasteiger partial charge in [-0.1, -0.05) is 20.8 Å². The van der Waals surface area contributed by atoms with Crippen molar-refractivity contribution in [3.05, 3.63) is 12.3 Å². The highest BCUT2D eigenvalue weighted by molar-refractivity contribution is 5.83. The third-order valence-corrected chi connectivity index (χ3v) is 1.69. The summed E-state index contributed by atoms with van der Waals surface area (Å²) >= 11 is 0. The van der Waals surface area contributed by atoms with Crippen molar-refractivity contribution < 1.29 is 9.53 Å². The number of anilines is 1. The Hall–Kier alpha value is -1.52. The number of amides is 1. The first-order chi connectivity index (χ1) is 6.88. The molecule has 5 nitrogen and oxygen atoms in total. The van der Waals surface area contributed by atoms with Gasteiger partial charge in [-0.05, 0) is 5.41 Å². The lowest BCUT2D eigenvalue weighted by Gasteiger charge is -2.17. The van der Waals surface area contributed by atoms with E-state index in [1.54, 1.807) is 24.0 Å². The van der Waals surface area contributed by atoms with Gasteiger partial charge in [0, 0.05) is 13.1 Å². The first-order valence-electron chi connectivity index (χ1n) is 4.80. The van der Waals surface area contributed by atoms with Crippen LogP contribution in [0, 0.1) is 5.41 Å². The molecular formula is C10H17N3O2. The minimum absolute atomic E-state index is 0.0240. The molecule has 0 radical (unpaired) electrons. The molecule has 0 atom stereocenters. The van der Waals surface area contributed by atoms with Crippen LogP contribution in [0.4, 0.5) is 10.6 Å². The summed E-state index contributed by atoms with van der Waals surface area (Å²) in [5.41, 5.74) is -0.0240. The van der Waals surface area contributed by atoms with E-state index in [2.05, 4.69) is 10.4 Å². The molecule has 1 aromatic rings. The third kappa shape index (κ3) is 4.01. The normalized spacial score (nSPS) is 11.2. The Morgan fingerprint density at radius 3 is 2.73 bits per heavy atom. The molecule has 0 aromatic carbocycles. The lowest BCUT2D eigenvalue weighted by atomic mass is 9.99. The first-order valence-corrected chi connectivity index (χ1v) is 4.80. The monoisotopic (exact) mass is 211 g/mol. The summed E-state index contributed by atoms with van der Waals surface area (Å²) in [6, 6.07) is 1.71. The number of hydrogen-bond acceptors (Lipinski definition) is 3. The Balaban J connectivity index is 2.41. The molecule has 5 heteroatoms. The van der Waals surface area contributed by atoms with Gasteiger partial charge in [0.1, 0.15) is 5.82 Å². The maximum atomic E-state index is 11.3. The highest BCUT2D eigenvalue weighted by Crippen LogP contribution is 2.13. The number of carbonyl (C=O) groups excluding carboxylic acids is 1. The van der Waals surface area contributed by atoms with Gasteiger partial charge < -0.3 is 4.74 Å². The molecule has 1 N–H and O–H groups in total. The molecule has 1 aromatic heterocycles. The third-order valence-electron chi connectivity index (χ3n) is 1.69. The van der Waals surface area contributed by atoms with Gasteiger partial charge in [-0.25, -0.2) is 4.79 Å². The Kier molecular flexibility index (Phi) is 3.34. The van der Waals surface area contributed by atoms with Gasteiger partial charge in [0.25, 0.3) is 0 Å². The van der Waals surface area contributed by atoms with Gasteiger partial charge in [0.2, 0.25) is 0 Å². The molecule has 0 bridgehead atoms. The number of nitrogens with one attached hydrogen (secondary N) is 1.